The summed E-state index contributed by atoms with van der Waals surface area (Å²) >= 11 is 0. The Morgan fingerprint density at radius 2 is 1.37 bits per heavy atom. The van der Waals surface area contributed by atoms with E-state index in [0.717, 1.165) is 37.2 Å². The van der Waals surface area contributed by atoms with E-state index in [2.05, 4.69) is 0 Å². The molecule has 0 amide bonds. The van der Waals surface area contributed by atoms with E-state index in [1.165, 1.54) is 19.3 Å². The van der Waals surface area contributed by atoms with Crippen molar-refractivity contribution in [2.24, 2.45) is 5.92 Å². The Hall–Kier alpha value is -1.06. The molecule has 1 aromatic carbocycles. The molecular weight excluding hydrogens is 350 g/mol. The smallest absolute Gasteiger partial charge is 0.226 e. The van der Waals surface area contributed by atoms with Gasteiger partial charge in [0, 0.05) is 20.4 Å². The summed E-state index contributed by atoms with van der Waals surface area (Å²) in [7, 11) is 0. The highest BCUT2D eigenvalue weighted by Crippen LogP contribution is 2.38. The van der Waals surface area contributed by atoms with Crippen molar-refractivity contribution in [3.8, 4) is 0 Å². The molecule has 7 heteroatoms. The van der Waals surface area contributed by atoms with Crippen LogP contribution in [0.25, 0.3) is 0 Å². The molecule has 2 rings (SSSR count). The number of nitrogens with zero attached hydrogens (tertiary/aromatic N) is 1. The van der Waals surface area contributed by atoms with Crippen molar-refractivity contribution < 1.29 is 30.6 Å². The molecule has 1 saturated carbocycles. The monoisotopic (exact) mass is 385 g/mol. The zero-order valence-corrected chi connectivity index (χ0v) is 16.5. The van der Waals surface area contributed by atoms with E-state index in [4.69, 9.17) is 20.4 Å². The number of hydrogen-bond acceptors (Lipinski definition) is 7. The summed E-state index contributed by atoms with van der Waals surface area (Å²) in [6.07, 6.45) is 5.63. The Morgan fingerprint density at radius 1 is 0.889 bits per heavy atom. The van der Waals surface area contributed by atoms with E-state index < -0.39 is 17.4 Å². The minimum absolute atomic E-state index is 0.118. The lowest BCUT2D eigenvalue weighted by molar-refractivity contribution is -0.369. The zero-order valence-electron chi connectivity index (χ0n) is 16.5. The fourth-order valence-corrected chi connectivity index (χ4v) is 3.76. The maximum Gasteiger partial charge on any atom is 0.226 e. The van der Waals surface area contributed by atoms with Crippen LogP contribution in [0.4, 0.5) is 0 Å². The summed E-state index contributed by atoms with van der Waals surface area (Å²) in [6.45, 7) is 3.63. The fraction of sp³-hybridized carbons (Fsp3) is 0.700. The topological polar surface area (TPSA) is 125 Å². The number of hydrogen-bond donors (Lipinski definition) is 6. The quantitative estimate of drug-likeness (QED) is 0.405. The van der Waals surface area contributed by atoms with Gasteiger partial charge in [-0.1, -0.05) is 56.5 Å². The van der Waals surface area contributed by atoms with Crippen LogP contribution in [-0.4, -0.2) is 60.5 Å². The first-order chi connectivity index (χ1) is 12.5. The minimum Gasteiger partial charge on any atom is -0.393 e. The van der Waals surface area contributed by atoms with E-state index in [0.29, 0.717) is 0 Å². The van der Waals surface area contributed by atoms with Gasteiger partial charge in [-0.15, -0.1) is 0 Å². The molecule has 0 saturated heterocycles. The molecule has 1 aliphatic carbocycles. The molecule has 0 bridgehead atoms. The first kappa shape index (κ1) is 24.0. The van der Waals surface area contributed by atoms with E-state index >= 15 is 0 Å². The summed E-state index contributed by atoms with van der Waals surface area (Å²) < 4.78 is 0. The molecule has 1 fully saturated rings. The van der Waals surface area contributed by atoms with Crippen LogP contribution in [0.3, 0.4) is 0 Å². The molecule has 1 aliphatic rings. The first-order valence-electron chi connectivity index (χ1n) is 9.52. The van der Waals surface area contributed by atoms with Crippen LogP contribution in [0, 0.1) is 5.92 Å². The van der Waals surface area contributed by atoms with Crippen LogP contribution in [0.15, 0.2) is 30.3 Å². The maximum absolute atomic E-state index is 10.7. The normalized spacial score (nSPS) is 18.6. The maximum atomic E-state index is 10.7. The van der Waals surface area contributed by atoms with Crippen molar-refractivity contribution in [3.63, 3.8) is 0 Å². The van der Waals surface area contributed by atoms with Crippen molar-refractivity contribution in [2.45, 2.75) is 70.3 Å². The Kier molecular flexibility index (Phi) is 8.82. The van der Waals surface area contributed by atoms with Crippen molar-refractivity contribution >= 4 is 0 Å². The highest BCUT2D eigenvalue weighted by atomic mass is 16.6. The van der Waals surface area contributed by atoms with Gasteiger partial charge in [-0.2, -0.15) is 0 Å². The number of benzene rings is 1. The molecule has 0 aliphatic heterocycles. The molecule has 156 valence electrons. The minimum atomic E-state index is -2.22. The summed E-state index contributed by atoms with van der Waals surface area (Å²) in [4.78, 5) is 0.722. The third kappa shape index (κ3) is 6.80. The van der Waals surface area contributed by atoms with Gasteiger partial charge in [0.25, 0.3) is 0 Å². The zero-order chi connectivity index (χ0) is 20.7. The van der Waals surface area contributed by atoms with Crippen molar-refractivity contribution in [3.05, 3.63) is 35.9 Å². The summed E-state index contributed by atoms with van der Waals surface area (Å²) in [5.74, 6) is -4.23. The second-order valence-electron chi connectivity index (χ2n) is 7.47. The Bertz CT molecular complexity index is 520. The third-order valence-electron chi connectivity index (χ3n) is 5.13. The highest BCUT2D eigenvalue weighted by molar-refractivity contribution is 5.23. The molecule has 7 nitrogen and oxygen atoms in total. The van der Waals surface area contributed by atoms with Crippen LogP contribution in [-0.2, 0) is 5.60 Å². The number of rotatable bonds is 6. The van der Waals surface area contributed by atoms with Crippen LogP contribution in [0.5, 0.6) is 0 Å². The molecule has 1 aromatic rings. The summed E-state index contributed by atoms with van der Waals surface area (Å²) in [5, 5.41) is 56.1. The SMILES string of the molecule is CCN(C(C)(O)O)C(C)(O)O.OCC(O)(c1ccccc1)C1CCCCC1. The van der Waals surface area contributed by atoms with Gasteiger partial charge in [-0.05, 0) is 24.3 Å². The second kappa shape index (κ2) is 9.93. The molecule has 1 atom stereocenters. The van der Waals surface area contributed by atoms with Crippen LogP contribution in [0.1, 0.15) is 58.4 Å². The number of aliphatic hydroxyl groups excluding tert-OH is 1. The van der Waals surface area contributed by atoms with Gasteiger partial charge in [-0.3, -0.25) is 0 Å². The molecule has 0 heterocycles. The van der Waals surface area contributed by atoms with E-state index in [-0.39, 0.29) is 19.1 Å². The Morgan fingerprint density at radius 3 is 1.70 bits per heavy atom. The van der Waals surface area contributed by atoms with Gasteiger partial charge < -0.3 is 30.6 Å². The standard InChI is InChI=1S/C14H20O2.C6H15NO4/c15-11-14(16,12-7-3-1-4-8-12)13-9-5-2-6-10-13;1-4-7(5(2,8)9)6(3,10)11/h1,3-4,7-8,13,15-16H,2,5-6,9-11H2;8-11H,4H2,1-3H3. The van der Waals surface area contributed by atoms with E-state index in [9.17, 15) is 10.2 Å². The fourth-order valence-electron chi connectivity index (χ4n) is 3.76. The van der Waals surface area contributed by atoms with Gasteiger partial charge in [0.15, 0.2) is 0 Å². The summed E-state index contributed by atoms with van der Waals surface area (Å²) in [6, 6.07) is 9.58. The lowest BCUT2D eigenvalue weighted by atomic mass is 9.74. The van der Waals surface area contributed by atoms with Crippen LogP contribution < -0.4 is 0 Å². The highest BCUT2D eigenvalue weighted by Gasteiger charge is 2.38. The molecule has 0 aromatic heterocycles. The van der Waals surface area contributed by atoms with Crippen LogP contribution >= 0.6 is 0 Å². The van der Waals surface area contributed by atoms with E-state index in [1.807, 2.05) is 30.3 Å². The van der Waals surface area contributed by atoms with Crippen molar-refractivity contribution in [1.29, 1.82) is 0 Å². The average molecular weight is 386 g/mol. The molecule has 1 unspecified atom stereocenters. The summed E-state index contributed by atoms with van der Waals surface area (Å²) in [5.41, 5.74) is -0.189. The second-order valence-corrected chi connectivity index (χ2v) is 7.47. The molecule has 0 spiro atoms. The predicted octanol–water partition coefficient (Wildman–Crippen LogP) is 1.07. The van der Waals surface area contributed by atoms with Crippen molar-refractivity contribution in [1.82, 2.24) is 4.90 Å². The molecule has 27 heavy (non-hydrogen) atoms. The lowest BCUT2D eigenvalue weighted by Crippen LogP contribution is -2.58. The Labute approximate surface area is 161 Å². The largest absolute Gasteiger partial charge is 0.393 e. The Balaban J connectivity index is 0.000000293. The molecule has 6 N–H and O–H groups in total. The molecular formula is C20H35NO6. The average Bonchev–Trinajstić information content (AvgIpc) is 2.61. The van der Waals surface area contributed by atoms with Gasteiger partial charge in [0.05, 0.1) is 6.61 Å². The number of aliphatic hydroxyl groups is 6. The third-order valence-corrected chi connectivity index (χ3v) is 5.13. The van der Waals surface area contributed by atoms with Gasteiger partial charge in [0.1, 0.15) is 5.60 Å². The molecule has 0 radical (unpaired) electrons. The lowest BCUT2D eigenvalue weighted by Gasteiger charge is -2.38. The van der Waals surface area contributed by atoms with E-state index in [1.54, 1.807) is 6.92 Å². The van der Waals surface area contributed by atoms with Crippen molar-refractivity contribution in [2.75, 3.05) is 13.2 Å². The van der Waals surface area contributed by atoms with Gasteiger partial charge in [0.2, 0.25) is 11.8 Å². The van der Waals surface area contributed by atoms with Gasteiger partial charge >= 0.3 is 0 Å². The van der Waals surface area contributed by atoms with Gasteiger partial charge in [-0.25, -0.2) is 4.90 Å². The predicted molar refractivity (Wildman–Crippen MR) is 102 cm³/mol. The van der Waals surface area contributed by atoms with Crippen LogP contribution in [0.2, 0.25) is 0 Å². The first-order valence-corrected chi connectivity index (χ1v) is 9.52.